The van der Waals surface area contributed by atoms with Crippen LogP contribution in [-0.4, -0.2) is 43.4 Å². The molecule has 1 fully saturated rings. The Morgan fingerprint density at radius 2 is 1.96 bits per heavy atom. The maximum absolute atomic E-state index is 12.5. The summed E-state index contributed by atoms with van der Waals surface area (Å²) in [6, 6.07) is 16.6. The maximum atomic E-state index is 12.5. The molecule has 0 saturated carbocycles. The second-order valence-corrected chi connectivity index (χ2v) is 8.13. The third kappa shape index (κ3) is 5.42. The monoisotopic (exact) mass is 384 g/mol. The number of urea groups is 1. The summed E-state index contributed by atoms with van der Waals surface area (Å²) in [5, 5.41) is 3.54. The van der Waals surface area contributed by atoms with Crippen LogP contribution < -0.4 is 10.1 Å². The van der Waals surface area contributed by atoms with Crippen molar-refractivity contribution in [1.29, 1.82) is 0 Å². The van der Waals surface area contributed by atoms with Gasteiger partial charge in [0.1, 0.15) is 5.75 Å². The SMILES string of the molecule is COc1ccc(CCNC(=O)N2CCS[C@@H](c3ccccc3C)CC2)cc1. The highest BCUT2D eigenvalue weighted by atomic mass is 32.2. The van der Waals surface area contributed by atoms with Gasteiger partial charge in [0.15, 0.2) is 0 Å². The second kappa shape index (κ2) is 9.70. The molecule has 2 amide bonds. The van der Waals surface area contributed by atoms with E-state index in [1.165, 1.54) is 16.7 Å². The molecule has 144 valence electrons. The summed E-state index contributed by atoms with van der Waals surface area (Å²) in [6.07, 6.45) is 1.82. The van der Waals surface area contributed by atoms with Crippen molar-refractivity contribution in [2.75, 3.05) is 32.5 Å². The smallest absolute Gasteiger partial charge is 0.317 e. The van der Waals surface area contributed by atoms with E-state index in [4.69, 9.17) is 4.74 Å². The van der Waals surface area contributed by atoms with Gasteiger partial charge in [-0.25, -0.2) is 4.79 Å². The van der Waals surface area contributed by atoms with Crippen LogP contribution in [0.2, 0.25) is 0 Å². The fourth-order valence-electron chi connectivity index (χ4n) is 3.39. The Bertz CT molecular complexity index is 748. The molecule has 3 rings (SSSR count). The first-order valence-corrected chi connectivity index (χ1v) is 10.5. The summed E-state index contributed by atoms with van der Waals surface area (Å²) in [5.41, 5.74) is 3.94. The molecule has 1 heterocycles. The zero-order chi connectivity index (χ0) is 19.1. The normalized spacial score (nSPS) is 17.3. The van der Waals surface area contributed by atoms with E-state index in [0.29, 0.717) is 11.8 Å². The van der Waals surface area contributed by atoms with Crippen LogP contribution in [0.1, 0.15) is 28.4 Å². The number of methoxy groups -OCH3 is 1. The van der Waals surface area contributed by atoms with Crippen molar-refractivity contribution < 1.29 is 9.53 Å². The van der Waals surface area contributed by atoms with Gasteiger partial charge in [0, 0.05) is 30.6 Å². The van der Waals surface area contributed by atoms with E-state index in [1.807, 2.05) is 40.9 Å². The highest BCUT2D eigenvalue weighted by Crippen LogP contribution is 2.35. The van der Waals surface area contributed by atoms with Crippen LogP contribution in [0.4, 0.5) is 4.79 Å². The summed E-state index contributed by atoms with van der Waals surface area (Å²) in [7, 11) is 1.67. The molecular weight excluding hydrogens is 356 g/mol. The van der Waals surface area contributed by atoms with Gasteiger partial charge >= 0.3 is 6.03 Å². The standard InChI is InChI=1S/C22H28N2O2S/c1-17-5-3-4-6-20(17)21-12-14-24(15-16-27-21)22(25)23-13-11-18-7-9-19(26-2)10-8-18/h3-10,21H,11-16H2,1-2H3,(H,23,25)/t21-/m1/s1. The molecule has 4 nitrogen and oxygen atoms in total. The van der Waals surface area contributed by atoms with Crippen LogP contribution >= 0.6 is 11.8 Å². The van der Waals surface area contributed by atoms with Gasteiger partial charge in [-0.2, -0.15) is 11.8 Å². The van der Waals surface area contributed by atoms with Crippen molar-refractivity contribution >= 4 is 17.8 Å². The first-order valence-electron chi connectivity index (χ1n) is 9.50. The fraction of sp³-hybridized carbons (Fsp3) is 0.409. The molecule has 1 aliphatic heterocycles. The van der Waals surface area contributed by atoms with Gasteiger partial charge in [-0.1, -0.05) is 36.4 Å². The average Bonchev–Trinajstić information content (AvgIpc) is 2.95. The summed E-state index contributed by atoms with van der Waals surface area (Å²) in [5.74, 6) is 1.83. The van der Waals surface area contributed by atoms with Gasteiger partial charge in [-0.3, -0.25) is 0 Å². The Morgan fingerprint density at radius 3 is 2.70 bits per heavy atom. The van der Waals surface area contributed by atoms with E-state index in [2.05, 4.69) is 36.5 Å². The van der Waals surface area contributed by atoms with Crippen LogP contribution in [-0.2, 0) is 6.42 Å². The quantitative estimate of drug-likeness (QED) is 0.829. The third-order valence-electron chi connectivity index (χ3n) is 5.01. The number of hydrogen-bond donors (Lipinski definition) is 1. The van der Waals surface area contributed by atoms with Gasteiger partial charge < -0.3 is 15.0 Å². The van der Waals surface area contributed by atoms with E-state index in [9.17, 15) is 4.79 Å². The van der Waals surface area contributed by atoms with Crippen molar-refractivity contribution in [2.45, 2.75) is 25.0 Å². The molecule has 27 heavy (non-hydrogen) atoms. The molecule has 1 saturated heterocycles. The number of carbonyl (C=O) groups is 1. The van der Waals surface area contributed by atoms with Crippen LogP contribution in [0.5, 0.6) is 5.75 Å². The fourth-order valence-corrected chi connectivity index (χ4v) is 4.71. The number of carbonyl (C=O) groups excluding carboxylic acids is 1. The van der Waals surface area contributed by atoms with E-state index in [1.54, 1.807) is 7.11 Å². The molecule has 2 aromatic rings. The predicted octanol–water partition coefficient (Wildman–Crippen LogP) is 4.44. The average molecular weight is 385 g/mol. The number of rotatable bonds is 5. The highest BCUT2D eigenvalue weighted by molar-refractivity contribution is 7.99. The summed E-state index contributed by atoms with van der Waals surface area (Å²) in [6.45, 7) is 4.43. The lowest BCUT2D eigenvalue weighted by atomic mass is 10.0. The predicted molar refractivity (Wildman–Crippen MR) is 113 cm³/mol. The van der Waals surface area contributed by atoms with Crippen molar-refractivity contribution in [3.8, 4) is 5.75 Å². The molecule has 5 heteroatoms. The number of ether oxygens (including phenoxy) is 1. The van der Waals surface area contributed by atoms with Crippen molar-refractivity contribution in [2.24, 2.45) is 0 Å². The molecule has 2 aromatic carbocycles. The van der Waals surface area contributed by atoms with E-state index in [-0.39, 0.29) is 6.03 Å². The number of hydrogen-bond acceptors (Lipinski definition) is 3. The van der Waals surface area contributed by atoms with Crippen molar-refractivity contribution in [3.63, 3.8) is 0 Å². The topological polar surface area (TPSA) is 41.6 Å². The number of aryl methyl sites for hydroxylation is 1. The van der Waals surface area contributed by atoms with Gasteiger partial charge in [-0.15, -0.1) is 0 Å². The molecule has 1 aliphatic rings. The van der Waals surface area contributed by atoms with Crippen molar-refractivity contribution in [3.05, 3.63) is 65.2 Å². The Labute approximate surface area is 166 Å². The molecule has 0 bridgehead atoms. The first kappa shape index (κ1) is 19.6. The number of amides is 2. The Morgan fingerprint density at radius 1 is 1.19 bits per heavy atom. The zero-order valence-electron chi connectivity index (χ0n) is 16.1. The first-order chi connectivity index (χ1) is 13.2. The maximum Gasteiger partial charge on any atom is 0.317 e. The van der Waals surface area contributed by atoms with E-state index >= 15 is 0 Å². The molecule has 1 atom stereocenters. The minimum absolute atomic E-state index is 0.0505. The van der Waals surface area contributed by atoms with E-state index in [0.717, 1.165) is 37.4 Å². The van der Waals surface area contributed by atoms with Gasteiger partial charge in [0.05, 0.1) is 7.11 Å². The lowest BCUT2D eigenvalue weighted by molar-refractivity contribution is 0.201. The molecule has 0 aromatic heterocycles. The van der Waals surface area contributed by atoms with Crippen LogP contribution in [0.3, 0.4) is 0 Å². The van der Waals surface area contributed by atoms with Crippen molar-refractivity contribution in [1.82, 2.24) is 10.2 Å². The molecule has 0 unspecified atom stereocenters. The van der Waals surface area contributed by atoms with Crippen LogP contribution in [0.15, 0.2) is 48.5 Å². The Hall–Kier alpha value is -2.14. The van der Waals surface area contributed by atoms with E-state index < -0.39 is 0 Å². The summed E-state index contributed by atoms with van der Waals surface area (Å²) < 4.78 is 5.17. The summed E-state index contributed by atoms with van der Waals surface area (Å²) >= 11 is 1.96. The number of benzene rings is 2. The van der Waals surface area contributed by atoms with Gasteiger partial charge in [0.2, 0.25) is 0 Å². The highest BCUT2D eigenvalue weighted by Gasteiger charge is 2.22. The molecule has 0 radical (unpaired) electrons. The molecular formula is C22H28N2O2S. The Balaban J connectivity index is 1.47. The molecule has 0 aliphatic carbocycles. The van der Waals surface area contributed by atoms with Gasteiger partial charge in [0.25, 0.3) is 0 Å². The minimum Gasteiger partial charge on any atom is -0.497 e. The van der Waals surface area contributed by atoms with Crippen LogP contribution in [0, 0.1) is 6.92 Å². The zero-order valence-corrected chi connectivity index (χ0v) is 16.9. The van der Waals surface area contributed by atoms with Crippen LogP contribution in [0.25, 0.3) is 0 Å². The van der Waals surface area contributed by atoms with Gasteiger partial charge in [-0.05, 0) is 48.6 Å². The number of thioether (sulfide) groups is 1. The largest absolute Gasteiger partial charge is 0.497 e. The second-order valence-electron chi connectivity index (χ2n) is 6.82. The lowest BCUT2D eigenvalue weighted by Crippen LogP contribution is -2.41. The minimum atomic E-state index is 0.0505. The summed E-state index contributed by atoms with van der Waals surface area (Å²) in [4.78, 5) is 14.5. The third-order valence-corrected chi connectivity index (χ3v) is 6.32. The lowest BCUT2D eigenvalue weighted by Gasteiger charge is -2.21. The number of nitrogens with one attached hydrogen (secondary N) is 1. The Kier molecular flexibility index (Phi) is 7.04. The number of nitrogens with zero attached hydrogens (tertiary/aromatic N) is 1. The molecule has 1 N–H and O–H groups in total. The molecule has 0 spiro atoms.